The van der Waals surface area contributed by atoms with Crippen molar-refractivity contribution >= 4 is 6.03 Å². The lowest BCUT2D eigenvalue weighted by Crippen LogP contribution is -2.38. The minimum Gasteiger partial charge on any atom is -0.481 e. The van der Waals surface area contributed by atoms with E-state index in [-0.39, 0.29) is 12.1 Å². The molecule has 1 atom stereocenters. The smallest absolute Gasteiger partial charge is 0.320 e. The molecule has 0 aromatic carbocycles. The fourth-order valence-corrected chi connectivity index (χ4v) is 1.52. The third-order valence-electron chi connectivity index (χ3n) is 2.44. The summed E-state index contributed by atoms with van der Waals surface area (Å²) in [6, 6.07) is 1.00. The molecular formula is C14H18N4O3. The molecule has 0 saturated carbocycles. The van der Waals surface area contributed by atoms with Crippen LogP contribution in [0.1, 0.15) is 18.5 Å². The Labute approximate surface area is 123 Å². The quantitative estimate of drug-likeness (QED) is 0.597. The van der Waals surface area contributed by atoms with Gasteiger partial charge in [0, 0.05) is 18.5 Å². The van der Waals surface area contributed by atoms with Crippen LogP contribution >= 0.6 is 0 Å². The van der Waals surface area contributed by atoms with Gasteiger partial charge in [0.1, 0.15) is 5.69 Å². The number of rotatable bonds is 6. The SMILES string of the molecule is C=CCC(CC#Cc1cc(OC)nc(OC)n1)NC(N)=O. The zero-order valence-corrected chi connectivity index (χ0v) is 12.0. The summed E-state index contributed by atoms with van der Waals surface area (Å²) in [5, 5.41) is 2.60. The summed E-state index contributed by atoms with van der Waals surface area (Å²) in [5.41, 5.74) is 5.56. The Hall–Kier alpha value is -2.75. The summed E-state index contributed by atoms with van der Waals surface area (Å²) in [6.45, 7) is 3.63. The summed E-state index contributed by atoms with van der Waals surface area (Å²) < 4.78 is 9.99. The molecule has 0 spiro atoms. The number of nitrogens with one attached hydrogen (secondary N) is 1. The zero-order valence-electron chi connectivity index (χ0n) is 12.0. The van der Waals surface area contributed by atoms with E-state index < -0.39 is 6.03 Å². The van der Waals surface area contributed by atoms with Gasteiger partial charge in [-0.3, -0.25) is 0 Å². The molecule has 3 N–H and O–H groups in total. The number of nitrogens with zero attached hydrogens (tertiary/aromatic N) is 2. The van der Waals surface area contributed by atoms with Gasteiger partial charge >= 0.3 is 12.0 Å². The normalized spacial score (nSPS) is 10.8. The number of carbonyl (C=O) groups excluding carboxylic acids is 1. The second-order valence-electron chi connectivity index (χ2n) is 4.02. The molecule has 1 aromatic heterocycles. The highest BCUT2D eigenvalue weighted by Crippen LogP contribution is 2.12. The van der Waals surface area contributed by atoms with Gasteiger partial charge in [-0.1, -0.05) is 12.0 Å². The van der Waals surface area contributed by atoms with Gasteiger partial charge in [-0.05, 0) is 12.3 Å². The molecule has 0 radical (unpaired) electrons. The minimum absolute atomic E-state index is 0.177. The van der Waals surface area contributed by atoms with Crippen LogP contribution in [-0.2, 0) is 0 Å². The van der Waals surface area contributed by atoms with Crippen LogP contribution in [0, 0.1) is 11.8 Å². The Balaban J connectivity index is 2.80. The number of methoxy groups -OCH3 is 2. The molecule has 0 aliphatic rings. The summed E-state index contributed by atoms with van der Waals surface area (Å²) in [5.74, 6) is 6.16. The van der Waals surface area contributed by atoms with E-state index in [1.807, 2.05) is 0 Å². The monoisotopic (exact) mass is 290 g/mol. The lowest BCUT2D eigenvalue weighted by molar-refractivity contribution is 0.245. The minimum atomic E-state index is -0.589. The Kier molecular flexibility index (Phi) is 6.54. The summed E-state index contributed by atoms with van der Waals surface area (Å²) >= 11 is 0. The van der Waals surface area contributed by atoms with Crippen molar-refractivity contribution in [2.24, 2.45) is 5.73 Å². The molecule has 0 aliphatic carbocycles. The maximum Gasteiger partial charge on any atom is 0.320 e. The molecular weight excluding hydrogens is 272 g/mol. The molecule has 1 heterocycles. The van der Waals surface area contributed by atoms with E-state index in [1.54, 1.807) is 12.1 Å². The number of hydrogen-bond donors (Lipinski definition) is 2. The van der Waals surface area contributed by atoms with Crippen molar-refractivity contribution in [2.75, 3.05) is 14.2 Å². The topological polar surface area (TPSA) is 99.4 Å². The third-order valence-corrected chi connectivity index (χ3v) is 2.44. The summed E-state index contributed by atoms with van der Waals surface area (Å²) in [4.78, 5) is 18.9. The number of aromatic nitrogens is 2. The molecule has 21 heavy (non-hydrogen) atoms. The predicted octanol–water partition coefficient (Wildman–Crippen LogP) is 0.848. The largest absolute Gasteiger partial charge is 0.481 e. The molecule has 112 valence electrons. The van der Waals surface area contributed by atoms with E-state index in [4.69, 9.17) is 15.2 Å². The predicted molar refractivity (Wildman–Crippen MR) is 78.0 cm³/mol. The van der Waals surface area contributed by atoms with E-state index in [2.05, 4.69) is 33.7 Å². The van der Waals surface area contributed by atoms with Gasteiger partial charge < -0.3 is 20.5 Å². The van der Waals surface area contributed by atoms with Crippen molar-refractivity contribution in [3.05, 3.63) is 24.4 Å². The number of nitrogens with two attached hydrogens (primary N) is 1. The van der Waals surface area contributed by atoms with Gasteiger partial charge in [-0.15, -0.1) is 6.58 Å². The van der Waals surface area contributed by atoms with Crippen LogP contribution in [0.3, 0.4) is 0 Å². The molecule has 2 amide bonds. The molecule has 1 rings (SSSR count). The molecule has 1 aromatic rings. The molecule has 0 saturated heterocycles. The highest BCUT2D eigenvalue weighted by atomic mass is 16.5. The number of amides is 2. The Morgan fingerprint density at radius 1 is 1.52 bits per heavy atom. The zero-order chi connectivity index (χ0) is 15.7. The van der Waals surface area contributed by atoms with E-state index in [1.165, 1.54) is 14.2 Å². The maximum absolute atomic E-state index is 10.9. The van der Waals surface area contributed by atoms with Crippen molar-refractivity contribution in [3.63, 3.8) is 0 Å². The summed E-state index contributed by atoms with van der Waals surface area (Å²) in [6.07, 6.45) is 2.69. The fourth-order valence-electron chi connectivity index (χ4n) is 1.52. The second kappa shape index (κ2) is 8.43. The van der Waals surface area contributed by atoms with Crippen molar-refractivity contribution in [2.45, 2.75) is 18.9 Å². The van der Waals surface area contributed by atoms with Gasteiger partial charge in [-0.2, -0.15) is 9.97 Å². The van der Waals surface area contributed by atoms with Crippen LogP contribution < -0.4 is 20.5 Å². The summed E-state index contributed by atoms with van der Waals surface area (Å²) in [7, 11) is 2.96. The van der Waals surface area contributed by atoms with Crippen LogP contribution in [-0.4, -0.2) is 36.3 Å². The van der Waals surface area contributed by atoms with E-state index >= 15 is 0 Å². The average Bonchev–Trinajstić information content (AvgIpc) is 2.46. The first-order valence-electron chi connectivity index (χ1n) is 6.21. The van der Waals surface area contributed by atoms with Crippen molar-refractivity contribution in [1.29, 1.82) is 0 Å². The van der Waals surface area contributed by atoms with Crippen LogP contribution in [0.25, 0.3) is 0 Å². The number of ether oxygens (including phenoxy) is 2. The molecule has 7 heteroatoms. The van der Waals surface area contributed by atoms with Gasteiger partial charge in [-0.25, -0.2) is 4.79 Å². The number of primary amides is 1. The first-order chi connectivity index (χ1) is 10.1. The Bertz CT molecular complexity index is 541. The van der Waals surface area contributed by atoms with Gasteiger partial charge in [0.2, 0.25) is 5.88 Å². The number of hydrogen-bond acceptors (Lipinski definition) is 5. The van der Waals surface area contributed by atoms with Crippen molar-refractivity contribution in [1.82, 2.24) is 15.3 Å². The number of carbonyl (C=O) groups is 1. The molecule has 0 bridgehead atoms. The lowest BCUT2D eigenvalue weighted by atomic mass is 10.1. The van der Waals surface area contributed by atoms with E-state index in [0.29, 0.717) is 24.4 Å². The van der Waals surface area contributed by atoms with Gasteiger partial charge in [0.05, 0.1) is 14.2 Å². The molecule has 7 nitrogen and oxygen atoms in total. The maximum atomic E-state index is 10.9. The first kappa shape index (κ1) is 16.3. The van der Waals surface area contributed by atoms with Crippen LogP contribution in [0.5, 0.6) is 11.9 Å². The van der Waals surface area contributed by atoms with Crippen LogP contribution in [0.2, 0.25) is 0 Å². The highest BCUT2D eigenvalue weighted by Gasteiger charge is 2.07. The molecule has 0 aliphatic heterocycles. The average molecular weight is 290 g/mol. The lowest BCUT2D eigenvalue weighted by Gasteiger charge is -2.11. The third kappa shape index (κ3) is 5.82. The van der Waals surface area contributed by atoms with Crippen molar-refractivity contribution < 1.29 is 14.3 Å². The van der Waals surface area contributed by atoms with Crippen molar-refractivity contribution in [3.8, 4) is 23.7 Å². The molecule has 1 unspecified atom stereocenters. The fraction of sp³-hybridized carbons (Fsp3) is 0.357. The first-order valence-corrected chi connectivity index (χ1v) is 6.21. The number of urea groups is 1. The van der Waals surface area contributed by atoms with E-state index in [0.717, 1.165) is 0 Å². The molecule has 0 fully saturated rings. The highest BCUT2D eigenvalue weighted by molar-refractivity contribution is 5.72. The standard InChI is InChI=1S/C14H18N4O3/c1-4-6-10(16-13(15)19)7-5-8-11-9-12(20-2)18-14(17-11)21-3/h4,9-10H,1,6-7H2,2-3H3,(H3,15,16,19). The van der Waals surface area contributed by atoms with Crippen LogP contribution in [0.4, 0.5) is 4.79 Å². The second-order valence-corrected chi connectivity index (χ2v) is 4.02. The van der Waals surface area contributed by atoms with E-state index in [9.17, 15) is 4.79 Å². The Morgan fingerprint density at radius 3 is 2.86 bits per heavy atom. The van der Waals surface area contributed by atoms with Gasteiger partial charge in [0.25, 0.3) is 0 Å². The van der Waals surface area contributed by atoms with Gasteiger partial charge in [0.15, 0.2) is 0 Å². The van der Waals surface area contributed by atoms with Crippen LogP contribution in [0.15, 0.2) is 18.7 Å². The Morgan fingerprint density at radius 2 is 2.29 bits per heavy atom.